The lowest BCUT2D eigenvalue weighted by Gasteiger charge is -2.17. The van der Waals surface area contributed by atoms with Gasteiger partial charge < -0.3 is 9.84 Å². The van der Waals surface area contributed by atoms with Crippen molar-refractivity contribution in [1.82, 2.24) is 0 Å². The smallest absolute Gasteiger partial charge is 0.400 e. The van der Waals surface area contributed by atoms with E-state index in [9.17, 15) is 31.5 Å². The van der Waals surface area contributed by atoms with Crippen LogP contribution in [-0.2, 0) is 21.3 Å². The maximum atomic E-state index is 13.2. The minimum Gasteiger partial charge on any atom is -0.462 e. The average Bonchev–Trinajstić information content (AvgIpc) is 2.44. The van der Waals surface area contributed by atoms with Crippen molar-refractivity contribution in [3.63, 3.8) is 0 Å². The van der Waals surface area contributed by atoms with Gasteiger partial charge in [0.05, 0.1) is 17.8 Å². The van der Waals surface area contributed by atoms with E-state index in [0.29, 0.717) is 6.42 Å². The first-order chi connectivity index (χ1) is 11.2. The number of rotatable bonds is 8. The van der Waals surface area contributed by atoms with Crippen LogP contribution in [0.3, 0.4) is 0 Å². The summed E-state index contributed by atoms with van der Waals surface area (Å²) in [6.45, 7) is 2.44. The minimum absolute atomic E-state index is 0.0800. The van der Waals surface area contributed by atoms with Crippen LogP contribution in [0.1, 0.15) is 36.2 Å². The fraction of sp³-hybridized carbons (Fsp3) is 0.533. The Morgan fingerprint density at radius 1 is 1.24 bits per heavy atom. The van der Waals surface area contributed by atoms with Gasteiger partial charge in [0.2, 0.25) is 0 Å². The van der Waals surface area contributed by atoms with Crippen LogP contribution in [0.25, 0.3) is 0 Å². The highest BCUT2D eigenvalue weighted by atomic mass is 32.2. The topological polar surface area (TPSA) is 101 Å². The predicted molar refractivity (Wildman–Crippen MR) is 82.7 cm³/mol. The molecular formula is C15H19F3O6S. The molecule has 1 atom stereocenters. The van der Waals surface area contributed by atoms with Gasteiger partial charge in [-0.2, -0.15) is 17.2 Å². The van der Waals surface area contributed by atoms with Crippen LogP contribution in [0, 0.1) is 0 Å². The molecule has 0 aliphatic heterocycles. The number of esters is 1. The molecule has 0 saturated carbocycles. The van der Waals surface area contributed by atoms with Crippen LogP contribution >= 0.6 is 0 Å². The summed E-state index contributed by atoms with van der Waals surface area (Å²) in [6.07, 6.45) is -3.98. The molecule has 0 fully saturated rings. The third kappa shape index (κ3) is 6.29. The quantitative estimate of drug-likeness (QED) is 0.527. The molecule has 0 heterocycles. The lowest BCUT2D eigenvalue weighted by molar-refractivity contribution is -0.0163. The van der Waals surface area contributed by atoms with E-state index in [2.05, 4.69) is 4.74 Å². The molecular weight excluding hydrogens is 365 g/mol. The molecule has 0 amide bonds. The average molecular weight is 384 g/mol. The summed E-state index contributed by atoms with van der Waals surface area (Å²) in [5.74, 6) is -0.905. The molecule has 10 heteroatoms. The van der Waals surface area contributed by atoms with Gasteiger partial charge in [-0.1, -0.05) is 12.1 Å². The van der Waals surface area contributed by atoms with E-state index in [1.807, 2.05) is 0 Å². The number of hydrogen-bond acceptors (Lipinski definition) is 5. The molecule has 0 spiro atoms. The van der Waals surface area contributed by atoms with E-state index in [0.717, 1.165) is 5.56 Å². The molecule has 0 aliphatic rings. The van der Waals surface area contributed by atoms with Gasteiger partial charge in [0, 0.05) is 12.8 Å². The molecule has 0 saturated heterocycles. The van der Waals surface area contributed by atoms with Crippen molar-refractivity contribution in [2.75, 3.05) is 6.61 Å². The van der Waals surface area contributed by atoms with Gasteiger partial charge in [-0.05, 0) is 31.5 Å². The fourth-order valence-electron chi connectivity index (χ4n) is 1.93. The number of hydrogen-bond donors (Lipinski definition) is 2. The van der Waals surface area contributed by atoms with Crippen molar-refractivity contribution in [1.29, 1.82) is 0 Å². The molecule has 2 N–H and O–H groups in total. The van der Waals surface area contributed by atoms with E-state index in [-0.39, 0.29) is 5.56 Å². The van der Waals surface area contributed by atoms with E-state index in [4.69, 9.17) is 4.55 Å². The molecule has 25 heavy (non-hydrogen) atoms. The largest absolute Gasteiger partial charge is 0.462 e. The van der Waals surface area contributed by atoms with Crippen molar-refractivity contribution in [3.05, 3.63) is 35.4 Å². The maximum Gasteiger partial charge on any atom is 0.400 e. The number of benzene rings is 1. The van der Waals surface area contributed by atoms with Crippen LogP contribution in [0.4, 0.5) is 13.2 Å². The standard InChI is InChI=1S/C15H19F3O6S/c1-14(2,20)9-10-3-5-11(6-4-10)13(19)24-8-7-12(16)15(17,18)25(21,22)23/h3-6,12,20H,7-9H2,1-2H3,(H,21,22,23). The Labute approximate surface area is 143 Å². The highest BCUT2D eigenvalue weighted by Gasteiger charge is 2.52. The third-order valence-corrected chi connectivity index (χ3v) is 4.08. The lowest BCUT2D eigenvalue weighted by Crippen LogP contribution is -2.39. The Morgan fingerprint density at radius 2 is 1.76 bits per heavy atom. The molecule has 1 aromatic rings. The third-order valence-electron chi connectivity index (χ3n) is 3.14. The zero-order valence-electron chi connectivity index (χ0n) is 13.6. The Balaban J connectivity index is 2.58. The summed E-state index contributed by atoms with van der Waals surface area (Å²) < 4.78 is 72.8. The van der Waals surface area contributed by atoms with Gasteiger partial charge in [-0.15, -0.1) is 0 Å². The lowest BCUT2D eigenvalue weighted by atomic mass is 9.98. The van der Waals surface area contributed by atoms with Gasteiger partial charge in [0.1, 0.15) is 0 Å². The normalized spacial score (nSPS) is 14.2. The van der Waals surface area contributed by atoms with Gasteiger partial charge in [0.15, 0.2) is 6.17 Å². The number of halogens is 3. The van der Waals surface area contributed by atoms with Gasteiger partial charge in [0.25, 0.3) is 0 Å². The summed E-state index contributed by atoms with van der Waals surface area (Å²) in [4.78, 5) is 11.7. The zero-order chi connectivity index (χ0) is 19.5. The molecule has 0 radical (unpaired) electrons. The summed E-state index contributed by atoms with van der Waals surface area (Å²) in [5, 5.41) is 4.72. The molecule has 1 aromatic carbocycles. The van der Waals surface area contributed by atoms with E-state index < -0.39 is 46.1 Å². The Kier molecular flexibility index (Phi) is 6.60. The summed E-state index contributed by atoms with van der Waals surface area (Å²) in [5.41, 5.74) is -0.103. The van der Waals surface area contributed by atoms with Gasteiger partial charge >= 0.3 is 21.3 Å². The highest BCUT2D eigenvalue weighted by molar-refractivity contribution is 7.86. The SMILES string of the molecule is CC(C)(O)Cc1ccc(C(=O)OCCC(F)C(F)(F)S(=O)(=O)O)cc1. The summed E-state index contributed by atoms with van der Waals surface area (Å²) in [7, 11) is -5.89. The number of aliphatic hydroxyl groups is 1. The second-order valence-corrected chi connectivity index (χ2v) is 7.61. The van der Waals surface area contributed by atoms with Crippen molar-refractivity contribution in [2.45, 2.75) is 43.7 Å². The van der Waals surface area contributed by atoms with Crippen molar-refractivity contribution in [2.24, 2.45) is 0 Å². The van der Waals surface area contributed by atoms with Crippen molar-refractivity contribution >= 4 is 16.1 Å². The molecule has 0 aliphatic carbocycles. The Morgan fingerprint density at radius 3 is 2.20 bits per heavy atom. The molecule has 6 nitrogen and oxygen atoms in total. The van der Waals surface area contributed by atoms with E-state index >= 15 is 0 Å². The van der Waals surface area contributed by atoms with Crippen LogP contribution in [0.5, 0.6) is 0 Å². The maximum absolute atomic E-state index is 13.2. The van der Waals surface area contributed by atoms with E-state index in [1.54, 1.807) is 26.0 Å². The zero-order valence-corrected chi connectivity index (χ0v) is 14.4. The fourth-order valence-corrected chi connectivity index (χ4v) is 2.37. The van der Waals surface area contributed by atoms with Crippen molar-refractivity contribution in [3.8, 4) is 0 Å². The predicted octanol–water partition coefficient (Wildman–Crippen LogP) is 2.37. The molecule has 1 rings (SSSR count). The number of ether oxygens (including phenoxy) is 1. The molecule has 0 aromatic heterocycles. The first kappa shape index (κ1) is 21.4. The monoisotopic (exact) mass is 384 g/mol. The number of carbonyl (C=O) groups is 1. The van der Waals surface area contributed by atoms with Crippen LogP contribution in [-0.4, -0.2) is 47.7 Å². The number of carbonyl (C=O) groups excluding carboxylic acids is 1. The van der Waals surface area contributed by atoms with Gasteiger partial charge in [-0.3, -0.25) is 4.55 Å². The molecule has 0 bridgehead atoms. The van der Waals surface area contributed by atoms with Crippen LogP contribution < -0.4 is 0 Å². The molecule has 1 unspecified atom stereocenters. The van der Waals surface area contributed by atoms with Crippen LogP contribution in [0.15, 0.2) is 24.3 Å². The molecule has 142 valence electrons. The van der Waals surface area contributed by atoms with Crippen molar-refractivity contribution < 1.29 is 40.8 Å². The van der Waals surface area contributed by atoms with Crippen LogP contribution in [0.2, 0.25) is 0 Å². The van der Waals surface area contributed by atoms with E-state index in [1.165, 1.54) is 12.1 Å². The second kappa shape index (κ2) is 7.71. The second-order valence-electron chi connectivity index (χ2n) is 6.12. The first-order valence-corrected chi connectivity index (χ1v) is 8.65. The minimum atomic E-state index is -5.89. The summed E-state index contributed by atoms with van der Waals surface area (Å²) >= 11 is 0. The first-order valence-electron chi connectivity index (χ1n) is 7.21. The summed E-state index contributed by atoms with van der Waals surface area (Å²) in [6, 6.07) is 5.92. The highest BCUT2D eigenvalue weighted by Crippen LogP contribution is 2.29. The number of alkyl halides is 3. The Bertz CT molecular complexity index is 695. The Hall–Kier alpha value is -1.65. The van der Waals surface area contributed by atoms with Gasteiger partial charge in [-0.25, -0.2) is 9.18 Å².